The van der Waals surface area contributed by atoms with Gasteiger partial charge in [-0.25, -0.2) is 0 Å². The standard InChI is InChI=1S/C46H26S/c1-2-10-33-31(8-1)32-9-3-6-13-36(32)41-24-27(16-19-37(33)41)28-17-22-44-42(25-28)43-26-29(18-23-45(43)47-44)30-20-21-40-35-12-5-4-11-34(35)39-15-7-14-38(30)46(39)40/h1-26H. The van der Waals surface area contributed by atoms with Crippen molar-refractivity contribution < 1.29 is 0 Å². The number of hydrogen-bond acceptors (Lipinski definition) is 1. The fraction of sp³-hybridized carbons (Fsp3) is 0. The lowest BCUT2D eigenvalue weighted by molar-refractivity contribution is 1.69. The molecule has 0 saturated heterocycles. The summed E-state index contributed by atoms with van der Waals surface area (Å²) in [6.07, 6.45) is 0. The Balaban J connectivity index is 1.09. The molecule has 0 saturated carbocycles. The summed E-state index contributed by atoms with van der Waals surface area (Å²) in [6.45, 7) is 0. The SMILES string of the molecule is c1ccc2c(c1)-c1cccc3c(-c4ccc5sc6ccc(-c7ccc8c9ccccc9c9ccccc9c8c7)cc6c5c4)ccc-2c13. The van der Waals surface area contributed by atoms with E-state index in [1.807, 2.05) is 11.3 Å². The fourth-order valence-electron chi connectivity index (χ4n) is 8.27. The molecule has 11 rings (SSSR count). The third-order valence-corrected chi connectivity index (χ3v) is 11.6. The average molecular weight is 611 g/mol. The summed E-state index contributed by atoms with van der Waals surface area (Å²) in [7, 11) is 0. The molecule has 1 heteroatoms. The van der Waals surface area contributed by atoms with Gasteiger partial charge in [-0.15, -0.1) is 11.3 Å². The summed E-state index contributed by atoms with van der Waals surface area (Å²) >= 11 is 1.89. The summed E-state index contributed by atoms with van der Waals surface area (Å²) in [4.78, 5) is 0. The number of fused-ring (bicyclic) bond motifs is 12. The van der Waals surface area contributed by atoms with Gasteiger partial charge in [-0.3, -0.25) is 0 Å². The first-order chi connectivity index (χ1) is 23.3. The second-order valence-electron chi connectivity index (χ2n) is 12.8. The molecule has 216 valence electrons. The molecule has 0 amide bonds. The first-order valence-corrected chi connectivity index (χ1v) is 17.1. The topological polar surface area (TPSA) is 0 Å². The van der Waals surface area contributed by atoms with Crippen LogP contribution in [0.25, 0.3) is 108 Å². The van der Waals surface area contributed by atoms with Crippen molar-refractivity contribution in [1.82, 2.24) is 0 Å². The molecule has 1 aliphatic rings. The predicted molar refractivity (Wildman–Crippen MR) is 205 cm³/mol. The minimum absolute atomic E-state index is 1.25. The molecule has 0 bridgehead atoms. The van der Waals surface area contributed by atoms with Crippen LogP contribution in [0.2, 0.25) is 0 Å². The van der Waals surface area contributed by atoms with Crippen molar-refractivity contribution in [2.75, 3.05) is 0 Å². The number of benzene rings is 9. The van der Waals surface area contributed by atoms with Crippen molar-refractivity contribution >= 4 is 74.6 Å². The largest absolute Gasteiger partial charge is 0.135 e. The van der Waals surface area contributed by atoms with Gasteiger partial charge in [-0.2, -0.15) is 0 Å². The van der Waals surface area contributed by atoms with E-state index in [1.165, 1.54) is 108 Å². The van der Waals surface area contributed by atoms with Crippen LogP contribution >= 0.6 is 11.3 Å². The molecular formula is C46H26S. The van der Waals surface area contributed by atoms with E-state index in [-0.39, 0.29) is 0 Å². The Labute approximate surface area is 275 Å². The zero-order chi connectivity index (χ0) is 30.6. The zero-order valence-electron chi connectivity index (χ0n) is 25.4. The quantitative estimate of drug-likeness (QED) is 0.171. The second kappa shape index (κ2) is 9.39. The fourth-order valence-corrected chi connectivity index (χ4v) is 9.34. The highest BCUT2D eigenvalue weighted by molar-refractivity contribution is 7.25. The Hall–Kier alpha value is -5.76. The van der Waals surface area contributed by atoms with Gasteiger partial charge in [0.15, 0.2) is 0 Å². The monoisotopic (exact) mass is 610 g/mol. The molecule has 0 radical (unpaired) electrons. The maximum Gasteiger partial charge on any atom is 0.0355 e. The van der Waals surface area contributed by atoms with E-state index in [0.29, 0.717) is 0 Å². The number of hydrogen-bond donors (Lipinski definition) is 0. The lowest BCUT2D eigenvalue weighted by Gasteiger charge is -2.12. The van der Waals surface area contributed by atoms with Crippen LogP contribution in [0.15, 0.2) is 158 Å². The molecular weight excluding hydrogens is 585 g/mol. The van der Waals surface area contributed by atoms with Crippen molar-refractivity contribution in [3.8, 4) is 44.5 Å². The Bertz CT molecular complexity index is 2890. The van der Waals surface area contributed by atoms with Crippen molar-refractivity contribution in [3.63, 3.8) is 0 Å². The van der Waals surface area contributed by atoms with Gasteiger partial charge < -0.3 is 0 Å². The van der Waals surface area contributed by atoms with Crippen LogP contribution in [0.5, 0.6) is 0 Å². The number of thiophene rings is 1. The summed E-state index contributed by atoms with van der Waals surface area (Å²) in [5.41, 5.74) is 10.4. The van der Waals surface area contributed by atoms with Crippen molar-refractivity contribution in [2.45, 2.75) is 0 Å². The molecule has 0 spiro atoms. The highest BCUT2D eigenvalue weighted by Crippen LogP contribution is 2.49. The maximum atomic E-state index is 2.42. The third kappa shape index (κ3) is 3.52. The molecule has 0 atom stereocenters. The van der Waals surface area contributed by atoms with Crippen LogP contribution in [0.4, 0.5) is 0 Å². The molecule has 0 unspecified atom stereocenters. The summed E-state index contributed by atoms with van der Waals surface area (Å²) in [5.74, 6) is 0. The smallest absolute Gasteiger partial charge is 0.0355 e. The van der Waals surface area contributed by atoms with Crippen LogP contribution in [0, 0.1) is 0 Å². The zero-order valence-corrected chi connectivity index (χ0v) is 26.2. The van der Waals surface area contributed by atoms with Gasteiger partial charge in [0.25, 0.3) is 0 Å². The molecule has 0 N–H and O–H groups in total. The second-order valence-corrected chi connectivity index (χ2v) is 13.9. The first-order valence-electron chi connectivity index (χ1n) is 16.3. The van der Waals surface area contributed by atoms with Gasteiger partial charge in [-0.1, -0.05) is 127 Å². The Kier molecular flexibility index (Phi) is 5.08. The van der Waals surface area contributed by atoms with E-state index < -0.39 is 0 Å². The van der Waals surface area contributed by atoms with Crippen LogP contribution < -0.4 is 0 Å². The molecule has 9 aromatic carbocycles. The Morgan fingerprint density at radius 2 is 0.702 bits per heavy atom. The van der Waals surface area contributed by atoms with E-state index in [0.717, 1.165) is 0 Å². The number of rotatable bonds is 2. The van der Waals surface area contributed by atoms with E-state index in [4.69, 9.17) is 0 Å². The molecule has 10 aromatic rings. The summed E-state index contributed by atoms with van der Waals surface area (Å²) < 4.78 is 2.66. The van der Waals surface area contributed by atoms with Gasteiger partial charge in [0, 0.05) is 20.2 Å². The van der Waals surface area contributed by atoms with Crippen molar-refractivity contribution in [1.29, 1.82) is 0 Å². The first kappa shape index (κ1) is 25.4. The Morgan fingerprint density at radius 3 is 1.38 bits per heavy atom. The molecule has 47 heavy (non-hydrogen) atoms. The van der Waals surface area contributed by atoms with Gasteiger partial charge in [0.2, 0.25) is 0 Å². The Morgan fingerprint density at radius 1 is 0.255 bits per heavy atom. The molecule has 1 aromatic heterocycles. The van der Waals surface area contributed by atoms with Crippen LogP contribution in [0.1, 0.15) is 0 Å². The van der Waals surface area contributed by atoms with Crippen LogP contribution in [0.3, 0.4) is 0 Å². The minimum atomic E-state index is 1.25. The predicted octanol–water partition coefficient (Wildman–Crippen LogP) is 13.6. The van der Waals surface area contributed by atoms with Gasteiger partial charge in [0.05, 0.1) is 0 Å². The molecule has 0 fully saturated rings. The van der Waals surface area contributed by atoms with Crippen molar-refractivity contribution in [2.24, 2.45) is 0 Å². The van der Waals surface area contributed by atoms with E-state index in [2.05, 4.69) is 158 Å². The molecule has 1 aliphatic carbocycles. The van der Waals surface area contributed by atoms with E-state index in [9.17, 15) is 0 Å². The summed E-state index contributed by atoms with van der Waals surface area (Å²) in [6, 6.07) is 59.0. The highest BCUT2D eigenvalue weighted by atomic mass is 32.1. The van der Waals surface area contributed by atoms with Crippen molar-refractivity contribution in [3.05, 3.63) is 158 Å². The lowest BCUT2D eigenvalue weighted by atomic mass is 9.91. The van der Waals surface area contributed by atoms with E-state index in [1.54, 1.807) is 0 Å². The normalized spacial score (nSPS) is 12.3. The molecule has 1 heterocycles. The summed E-state index contributed by atoms with van der Waals surface area (Å²) in [5, 5.41) is 13.2. The van der Waals surface area contributed by atoms with Gasteiger partial charge >= 0.3 is 0 Å². The molecule has 0 nitrogen and oxygen atoms in total. The van der Waals surface area contributed by atoms with E-state index >= 15 is 0 Å². The maximum absolute atomic E-state index is 2.42. The minimum Gasteiger partial charge on any atom is -0.135 e. The molecule has 0 aliphatic heterocycles. The highest BCUT2D eigenvalue weighted by Gasteiger charge is 2.22. The average Bonchev–Trinajstić information content (AvgIpc) is 3.67. The van der Waals surface area contributed by atoms with Crippen LogP contribution in [-0.2, 0) is 0 Å². The lowest BCUT2D eigenvalue weighted by Crippen LogP contribution is -1.85. The van der Waals surface area contributed by atoms with Crippen LogP contribution in [-0.4, -0.2) is 0 Å². The third-order valence-electron chi connectivity index (χ3n) is 10.4. The van der Waals surface area contributed by atoms with Gasteiger partial charge in [0.1, 0.15) is 0 Å². The van der Waals surface area contributed by atoms with Gasteiger partial charge in [-0.05, 0) is 118 Å².